The van der Waals surface area contributed by atoms with Gasteiger partial charge < -0.3 is 14.7 Å². The van der Waals surface area contributed by atoms with Gasteiger partial charge in [-0.15, -0.1) is 11.3 Å². The standard InChI is InChI=1S/C21H29ClN2O2S/c1-15(2)13-24-11-4-9-21(25,10-12-24)20-23-16(3)19(27-20)14-26-18-7-5-17(22)6-8-18/h5-8,15,25H,4,9-14H2,1-3H3/t21-/m1/s1. The Bertz CT molecular complexity index is 747. The van der Waals surface area contributed by atoms with Gasteiger partial charge in [-0.05, 0) is 62.9 Å². The van der Waals surface area contributed by atoms with Crippen LogP contribution in [0.5, 0.6) is 5.75 Å². The lowest BCUT2D eigenvalue weighted by Crippen LogP contribution is -2.31. The summed E-state index contributed by atoms with van der Waals surface area (Å²) in [6, 6.07) is 7.36. The summed E-state index contributed by atoms with van der Waals surface area (Å²) in [6.07, 6.45) is 2.51. The Labute approximate surface area is 171 Å². The van der Waals surface area contributed by atoms with Gasteiger partial charge in [-0.2, -0.15) is 0 Å². The van der Waals surface area contributed by atoms with Crippen LogP contribution in [-0.4, -0.2) is 34.6 Å². The first-order valence-electron chi connectivity index (χ1n) is 9.65. The molecule has 3 rings (SSSR count). The number of ether oxygens (including phenoxy) is 1. The minimum atomic E-state index is -0.820. The van der Waals surface area contributed by atoms with Gasteiger partial charge in [0.1, 0.15) is 23.0 Å². The lowest BCUT2D eigenvalue weighted by molar-refractivity contribution is 0.0206. The number of aromatic nitrogens is 1. The van der Waals surface area contributed by atoms with Crippen LogP contribution in [0, 0.1) is 12.8 Å². The molecule has 1 fully saturated rings. The number of aryl methyl sites for hydroxylation is 1. The van der Waals surface area contributed by atoms with Crippen LogP contribution < -0.4 is 4.74 Å². The van der Waals surface area contributed by atoms with Gasteiger partial charge in [0.25, 0.3) is 0 Å². The largest absolute Gasteiger partial charge is 0.488 e. The first-order chi connectivity index (χ1) is 12.9. The number of rotatable bonds is 6. The highest BCUT2D eigenvalue weighted by Gasteiger charge is 2.35. The van der Waals surface area contributed by atoms with Gasteiger partial charge >= 0.3 is 0 Å². The quantitative estimate of drug-likeness (QED) is 0.729. The summed E-state index contributed by atoms with van der Waals surface area (Å²) >= 11 is 7.50. The maximum absolute atomic E-state index is 11.3. The second-order valence-corrected chi connectivity index (χ2v) is 9.37. The number of hydrogen-bond donors (Lipinski definition) is 1. The number of halogens is 1. The van der Waals surface area contributed by atoms with Crippen molar-refractivity contribution in [2.75, 3.05) is 19.6 Å². The first kappa shape index (κ1) is 20.6. The molecule has 2 aromatic rings. The second kappa shape index (κ2) is 8.91. The summed E-state index contributed by atoms with van der Waals surface area (Å²) in [5.74, 6) is 1.43. The maximum atomic E-state index is 11.3. The zero-order chi connectivity index (χ0) is 19.4. The Balaban J connectivity index is 1.66. The van der Waals surface area contributed by atoms with Crippen molar-refractivity contribution in [1.82, 2.24) is 9.88 Å². The summed E-state index contributed by atoms with van der Waals surface area (Å²) in [6.45, 7) is 10.0. The van der Waals surface area contributed by atoms with Crippen LogP contribution in [0.15, 0.2) is 24.3 Å². The van der Waals surface area contributed by atoms with E-state index < -0.39 is 5.60 Å². The normalized spacial score (nSPS) is 21.4. The van der Waals surface area contributed by atoms with E-state index in [4.69, 9.17) is 21.3 Å². The smallest absolute Gasteiger partial charge is 0.125 e. The van der Waals surface area contributed by atoms with E-state index in [1.54, 1.807) is 11.3 Å². The van der Waals surface area contributed by atoms with Crippen LogP contribution in [0.2, 0.25) is 5.02 Å². The zero-order valence-corrected chi connectivity index (χ0v) is 17.9. The molecule has 148 valence electrons. The third kappa shape index (κ3) is 5.44. The minimum Gasteiger partial charge on any atom is -0.488 e. The zero-order valence-electron chi connectivity index (χ0n) is 16.4. The molecule has 2 heterocycles. The van der Waals surface area contributed by atoms with Gasteiger partial charge in [0.15, 0.2) is 0 Å². The lowest BCUT2D eigenvalue weighted by Gasteiger charge is -2.25. The predicted molar refractivity (Wildman–Crippen MR) is 112 cm³/mol. The average Bonchev–Trinajstić information content (AvgIpc) is 2.90. The van der Waals surface area contributed by atoms with E-state index >= 15 is 0 Å². The van der Waals surface area contributed by atoms with Gasteiger partial charge in [-0.25, -0.2) is 4.98 Å². The number of aliphatic hydroxyl groups is 1. The predicted octanol–water partition coefficient (Wildman–Crippen LogP) is 5.01. The highest BCUT2D eigenvalue weighted by molar-refractivity contribution is 7.11. The van der Waals surface area contributed by atoms with Gasteiger partial charge in [0, 0.05) is 18.1 Å². The fourth-order valence-corrected chi connectivity index (χ4v) is 4.78. The number of benzene rings is 1. The molecule has 0 saturated carbocycles. The van der Waals surface area contributed by atoms with Crippen LogP contribution in [0.25, 0.3) is 0 Å². The van der Waals surface area contributed by atoms with Crippen LogP contribution in [0.3, 0.4) is 0 Å². The molecule has 0 aliphatic carbocycles. The summed E-state index contributed by atoms with van der Waals surface area (Å²) in [5.41, 5.74) is 0.125. The fraction of sp³-hybridized carbons (Fsp3) is 0.571. The minimum absolute atomic E-state index is 0.459. The number of hydrogen-bond acceptors (Lipinski definition) is 5. The van der Waals surface area contributed by atoms with E-state index in [2.05, 4.69) is 18.7 Å². The highest BCUT2D eigenvalue weighted by atomic mass is 35.5. The van der Waals surface area contributed by atoms with Crippen LogP contribution >= 0.6 is 22.9 Å². The molecule has 0 spiro atoms. The Morgan fingerprint density at radius 2 is 2.00 bits per heavy atom. The molecule has 1 atom stereocenters. The molecule has 0 unspecified atom stereocenters. The average molecular weight is 409 g/mol. The SMILES string of the molecule is Cc1nc([C@@]2(O)CCCN(CC(C)C)CC2)sc1COc1ccc(Cl)cc1. The van der Waals surface area contributed by atoms with Gasteiger partial charge in [-0.1, -0.05) is 25.4 Å². The highest BCUT2D eigenvalue weighted by Crippen LogP contribution is 2.37. The summed E-state index contributed by atoms with van der Waals surface area (Å²) in [4.78, 5) is 8.24. The molecule has 4 nitrogen and oxygen atoms in total. The van der Waals surface area contributed by atoms with Crippen molar-refractivity contribution in [1.29, 1.82) is 0 Å². The van der Waals surface area contributed by atoms with Crippen molar-refractivity contribution in [2.45, 2.75) is 52.2 Å². The van der Waals surface area contributed by atoms with Crippen LogP contribution in [-0.2, 0) is 12.2 Å². The molecule has 1 N–H and O–H groups in total. The van der Waals surface area contributed by atoms with Gasteiger partial charge in [0.2, 0.25) is 0 Å². The lowest BCUT2D eigenvalue weighted by atomic mass is 9.96. The third-order valence-corrected chi connectivity index (χ3v) is 6.58. The van der Waals surface area contributed by atoms with E-state index in [0.29, 0.717) is 17.5 Å². The van der Waals surface area contributed by atoms with Crippen LogP contribution in [0.1, 0.15) is 48.7 Å². The van der Waals surface area contributed by atoms with Crippen molar-refractivity contribution in [2.24, 2.45) is 5.92 Å². The van der Waals surface area contributed by atoms with E-state index in [-0.39, 0.29) is 0 Å². The maximum Gasteiger partial charge on any atom is 0.125 e. The van der Waals surface area contributed by atoms with Gasteiger partial charge in [-0.3, -0.25) is 0 Å². The first-order valence-corrected chi connectivity index (χ1v) is 10.8. The molecular formula is C21H29ClN2O2S. The van der Waals surface area contributed by atoms with E-state index in [9.17, 15) is 5.11 Å². The third-order valence-electron chi connectivity index (χ3n) is 5.00. The van der Waals surface area contributed by atoms with Crippen molar-refractivity contribution < 1.29 is 9.84 Å². The van der Waals surface area contributed by atoms with Crippen molar-refractivity contribution in [3.05, 3.63) is 44.9 Å². The Morgan fingerprint density at radius 3 is 2.70 bits per heavy atom. The fourth-order valence-electron chi connectivity index (χ4n) is 3.53. The molecule has 1 saturated heterocycles. The monoisotopic (exact) mass is 408 g/mol. The molecule has 27 heavy (non-hydrogen) atoms. The number of nitrogens with zero attached hydrogens (tertiary/aromatic N) is 2. The number of likely N-dealkylation sites (tertiary alicyclic amines) is 1. The Hall–Kier alpha value is -1.14. The summed E-state index contributed by atoms with van der Waals surface area (Å²) < 4.78 is 5.87. The molecule has 0 amide bonds. The van der Waals surface area contributed by atoms with Crippen molar-refractivity contribution in [3.8, 4) is 5.75 Å². The van der Waals surface area contributed by atoms with Crippen molar-refractivity contribution >= 4 is 22.9 Å². The summed E-state index contributed by atoms with van der Waals surface area (Å²) in [7, 11) is 0. The Kier molecular flexibility index (Phi) is 6.79. The molecule has 1 aromatic heterocycles. The molecule has 6 heteroatoms. The number of thiazole rings is 1. The van der Waals surface area contributed by atoms with Gasteiger partial charge in [0.05, 0.1) is 10.6 Å². The second-order valence-electron chi connectivity index (χ2n) is 7.85. The molecule has 1 aromatic carbocycles. The molecular weight excluding hydrogens is 380 g/mol. The molecule has 1 aliphatic rings. The van der Waals surface area contributed by atoms with E-state index in [1.165, 1.54) is 0 Å². The Morgan fingerprint density at radius 1 is 1.26 bits per heavy atom. The molecule has 0 radical (unpaired) electrons. The summed E-state index contributed by atoms with van der Waals surface area (Å²) in [5, 5.41) is 12.8. The topological polar surface area (TPSA) is 45.6 Å². The van der Waals surface area contributed by atoms with E-state index in [0.717, 1.165) is 60.2 Å². The van der Waals surface area contributed by atoms with Crippen molar-refractivity contribution in [3.63, 3.8) is 0 Å². The van der Waals surface area contributed by atoms with Crippen LogP contribution in [0.4, 0.5) is 0 Å². The molecule has 1 aliphatic heterocycles. The van der Waals surface area contributed by atoms with E-state index in [1.807, 2.05) is 31.2 Å². The molecule has 0 bridgehead atoms.